The van der Waals surface area contributed by atoms with Gasteiger partial charge in [-0.15, -0.1) is 13.2 Å². The minimum atomic E-state index is -5.03. The Bertz CT molecular complexity index is 526. The second kappa shape index (κ2) is 6.09. The van der Waals surface area contributed by atoms with E-state index in [1.54, 1.807) is 0 Å². The zero-order chi connectivity index (χ0) is 14.6. The summed E-state index contributed by atoms with van der Waals surface area (Å²) in [6.45, 7) is 1.38. The monoisotopic (exact) mass is 343 g/mol. The van der Waals surface area contributed by atoms with Crippen molar-refractivity contribution < 1.29 is 27.4 Å². The summed E-state index contributed by atoms with van der Waals surface area (Å²) in [5.41, 5.74) is -1.59. The van der Waals surface area contributed by atoms with Crippen molar-refractivity contribution in [2.24, 2.45) is 0 Å². The lowest BCUT2D eigenvalue weighted by molar-refractivity contribution is -0.276. The molecule has 0 aliphatic carbocycles. The quantitative estimate of drug-likeness (QED) is 0.673. The van der Waals surface area contributed by atoms with Crippen LogP contribution in [-0.2, 0) is 10.1 Å². The highest BCUT2D eigenvalue weighted by molar-refractivity contribution is 9.08. The van der Waals surface area contributed by atoms with Crippen LogP contribution in [0.5, 0.6) is 5.88 Å². The predicted molar refractivity (Wildman–Crippen MR) is 62.3 cm³/mol. The molecule has 9 heteroatoms. The smallest absolute Gasteiger partial charge is 0.462 e. The van der Waals surface area contributed by atoms with E-state index in [2.05, 4.69) is 30.4 Å². The summed E-state index contributed by atoms with van der Waals surface area (Å²) >= 11 is 2.97. The van der Waals surface area contributed by atoms with E-state index in [0.717, 1.165) is 6.07 Å². The minimum absolute atomic E-state index is 0.0794. The van der Waals surface area contributed by atoms with Crippen LogP contribution in [0.3, 0.4) is 0 Å². The average molecular weight is 344 g/mol. The topological polar surface area (TPSA) is 68.4 Å². The third kappa shape index (κ3) is 4.27. The molecular weight excluding hydrogens is 335 g/mol. The number of halogens is 4. The number of aromatic amines is 1. The number of nitrogens with one attached hydrogen (secondary N) is 1. The van der Waals surface area contributed by atoms with Crippen molar-refractivity contribution >= 4 is 21.9 Å². The number of H-pyrrole nitrogens is 1. The van der Waals surface area contributed by atoms with E-state index < -0.39 is 29.2 Å². The molecule has 106 valence electrons. The van der Waals surface area contributed by atoms with Gasteiger partial charge in [-0.25, -0.2) is 4.79 Å². The molecule has 1 aromatic heterocycles. The molecule has 1 heterocycles. The molecule has 0 amide bonds. The van der Waals surface area contributed by atoms with Crippen LogP contribution in [-0.4, -0.2) is 23.9 Å². The lowest BCUT2D eigenvalue weighted by Crippen LogP contribution is -2.25. The second-order valence-corrected chi connectivity index (χ2v) is 3.83. The first-order chi connectivity index (χ1) is 8.78. The van der Waals surface area contributed by atoms with E-state index in [1.165, 1.54) is 6.92 Å². The van der Waals surface area contributed by atoms with Crippen LogP contribution in [0.4, 0.5) is 13.2 Å². The highest BCUT2D eigenvalue weighted by Gasteiger charge is 2.34. The molecule has 1 rings (SSSR count). The van der Waals surface area contributed by atoms with Crippen molar-refractivity contribution in [1.82, 2.24) is 4.98 Å². The van der Waals surface area contributed by atoms with E-state index in [9.17, 15) is 22.8 Å². The summed E-state index contributed by atoms with van der Waals surface area (Å²) in [6.07, 6.45) is -5.03. The third-order valence-corrected chi connectivity index (χ3v) is 2.50. The Kier molecular flexibility index (Phi) is 4.98. The van der Waals surface area contributed by atoms with Crippen LogP contribution in [0, 0.1) is 0 Å². The highest BCUT2D eigenvalue weighted by Crippen LogP contribution is 2.24. The van der Waals surface area contributed by atoms with Gasteiger partial charge in [-0.2, -0.15) is 0 Å². The molecule has 0 saturated heterocycles. The Morgan fingerprint density at radius 2 is 2.11 bits per heavy atom. The van der Waals surface area contributed by atoms with Gasteiger partial charge in [0.05, 0.1) is 6.61 Å². The molecular formula is C10H9BrF3NO4. The van der Waals surface area contributed by atoms with Gasteiger partial charge in [0.15, 0.2) is 11.0 Å². The first kappa shape index (κ1) is 15.5. The molecule has 0 unspecified atom stereocenters. The summed E-state index contributed by atoms with van der Waals surface area (Å²) in [5.74, 6) is -2.16. The summed E-state index contributed by atoms with van der Waals surface area (Å²) < 4.78 is 44.9. The van der Waals surface area contributed by atoms with Gasteiger partial charge in [-0.05, 0) is 6.92 Å². The van der Waals surface area contributed by atoms with Gasteiger partial charge in [0.2, 0.25) is 5.88 Å². The average Bonchev–Trinajstić information content (AvgIpc) is 2.26. The fourth-order valence-electron chi connectivity index (χ4n) is 1.25. The largest absolute Gasteiger partial charge is 0.574 e. The normalized spacial score (nSPS) is 11.2. The number of alkyl halides is 4. The van der Waals surface area contributed by atoms with Crippen LogP contribution in [0.2, 0.25) is 0 Å². The van der Waals surface area contributed by atoms with Crippen molar-refractivity contribution in [1.29, 1.82) is 0 Å². The van der Waals surface area contributed by atoms with Gasteiger partial charge in [0, 0.05) is 17.1 Å². The number of ether oxygens (including phenoxy) is 2. The van der Waals surface area contributed by atoms with Crippen LogP contribution < -0.4 is 10.2 Å². The Labute approximate surface area is 113 Å². The van der Waals surface area contributed by atoms with Crippen LogP contribution in [0.15, 0.2) is 10.9 Å². The predicted octanol–water partition coefficient (Wildman–Crippen LogP) is 2.35. The zero-order valence-electron chi connectivity index (χ0n) is 9.64. The first-order valence-corrected chi connectivity index (χ1v) is 6.15. The van der Waals surface area contributed by atoms with Crippen molar-refractivity contribution in [3.8, 4) is 5.88 Å². The molecule has 0 aliphatic heterocycles. The number of esters is 1. The van der Waals surface area contributed by atoms with E-state index in [1.807, 2.05) is 0 Å². The van der Waals surface area contributed by atoms with E-state index in [4.69, 9.17) is 0 Å². The van der Waals surface area contributed by atoms with Crippen LogP contribution in [0.25, 0.3) is 0 Å². The molecule has 0 fully saturated rings. The van der Waals surface area contributed by atoms with Gasteiger partial charge in [0.25, 0.3) is 0 Å². The van der Waals surface area contributed by atoms with Gasteiger partial charge < -0.3 is 14.5 Å². The number of aromatic nitrogens is 1. The first-order valence-electron chi connectivity index (χ1n) is 5.03. The van der Waals surface area contributed by atoms with Crippen LogP contribution >= 0.6 is 15.9 Å². The molecule has 1 aromatic rings. The maximum atomic E-state index is 12.2. The number of rotatable bonds is 4. The van der Waals surface area contributed by atoms with Crippen LogP contribution in [0.1, 0.15) is 23.0 Å². The van der Waals surface area contributed by atoms with Gasteiger partial charge in [-0.1, -0.05) is 15.9 Å². The van der Waals surface area contributed by atoms with E-state index >= 15 is 0 Å². The van der Waals surface area contributed by atoms with Crippen molar-refractivity contribution in [2.45, 2.75) is 18.6 Å². The fourth-order valence-corrected chi connectivity index (χ4v) is 1.55. The van der Waals surface area contributed by atoms with Gasteiger partial charge >= 0.3 is 12.3 Å². The molecule has 0 aromatic carbocycles. The maximum absolute atomic E-state index is 12.2. The molecule has 0 bridgehead atoms. The van der Waals surface area contributed by atoms with Crippen molar-refractivity contribution in [3.05, 3.63) is 27.5 Å². The molecule has 0 aliphatic rings. The molecule has 0 saturated carbocycles. The number of hydrogen-bond donors (Lipinski definition) is 1. The molecule has 0 radical (unpaired) electrons. The number of pyridine rings is 1. The maximum Gasteiger partial charge on any atom is 0.574 e. The molecule has 1 N–H and O–H groups in total. The van der Waals surface area contributed by atoms with Gasteiger partial charge in [0.1, 0.15) is 0 Å². The van der Waals surface area contributed by atoms with E-state index in [-0.39, 0.29) is 17.6 Å². The standard InChI is InChI=1S/C10H9BrF3NO4/c1-2-18-9(17)7-6(16)3-5(4-11)15-8(7)19-10(12,13)14/h3H,2,4H2,1H3,(H,15,16). The Balaban J connectivity index is 3.34. The molecule has 5 nitrogen and oxygen atoms in total. The summed E-state index contributed by atoms with van der Waals surface area (Å²) in [7, 11) is 0. The minimum Gasteiger partial charge on any atom is -0.462 e. The third-order valence-electron chi connectivity index (χ3n) is 1.89. The summed E-state index contributed by atoms with van der Waals surface area (Å²) in [4.78, 5) is 25.3. The van der Waals surface area contributed by atoms with Crippen molar-refractivity contribution in [3.63, 3.8) is 0 Å². The number of carbonyl (C=O) groups excluding carboxylic acids is 1. The Morgan fingerprint density at radius 1 is 1.47 bits per heavy atom. The molecule has 19 heavy (non-hydrogen) atoms. The molecule has 0 spiro atoms. The second-order valence-electron chi connectivity index (χ2n) is 3.26. The lowest BCUT2D eigenvalue weighted by Gasteiger charge is -2.13. The summed E-state index contributed by atoms with van der Waals surface area (Å²) in [6, 6.07) is 0.990. The lowest BCUT2D eigenvalue weighted by atomic mass is 10.2. The fraction of sp³-hybridized carbons (Fsp3) is 0.400. The van der Waals surface area contributed by atoms with E-state index in [0.29, 0.717) is 0 Å². The van der Waals surface area contributed by atoms with Gasteiger partial charge in [-0.3, -0.25) is 4.79 Å². The SMILES string of the molecule is CCOC(=O)c1c(OC(F)(F)F)[nH]c(CBr)cc1=O. The molecule has 0 atom stereocenters. The Hall–Kier alpha value is -1.51. The number of carbonyl (C=O) groups is 1. The highest BCUT2D eigenvalue weighted by atomic mass is 79.9. The zero-order valence-corrected chi connectivity index (χ0v) is 11.2. The summed E-state index contributed by atoms with van der Waals surface area (Å²) in [5, 5.41) is 0.0968. The number of hydrogen-bond acceptors (Lipinski definition) is 4. The van der Waals surface area contributed by atoms with Crippen molar-refractivity contribution in [2.75, 3.05) is 6.61 Å². The Morgan fingerprint density at radius 3 is 2.58 bits per heavy atom.